The van der Waals surface area contributed by atoms with Crippen LogP contribution in [0.5, 0.6) is 0 Å². The molecule has 0 unspecified atom stereocenters. The van der Waals surface area contributed by atoms with Crippen molar-refractivity contribution < 1.29 is 4.79 Å². The van der Waals surface area contributed by atoms with Gasteiger partial charge in [0.2, 0.25) is 0 Å². The molecule has 2 rings (SSSR count). The maximum absolute atomic E-state index is 11.8. The van der Waals surface area contributed by atoms with Gasteiger partial charge in [-0.05, 0) is 29.8 Å². The summed E-state index contributed by atoms with van der Waals surface area (Å²) in [6.45, 7) is 0.357. The predicted octanol–water partition coefficient (Wildman–Crippen LogP) is 1.58. The van der Waals surface area contributed by atoms with Gasteiger partial charge in [-0.25, -0.2) is 4.79 Å². The Morgan fingerprint density at radius 2 is 1.35 bits per heavy atom. The first-order valence-electron chi connectivity index (χ1n) is 6.88. The number of rotatable bonds is 5. The van der Waals surface area contributed by atoms with Crippen molar-refractivity contribution in [1.29, 1.82) is 10.8 Å². The molecular weight excluding hydrogens is 292 g/mol. The Labute approximate surface area is 133 Å². The summed E-state index contributed by atoms with van der Waals surface area (Å²) in [5, 5.41) is 20.1. The van der Waals surface area contributed by atoms with E-state index in [2.05, 4.69) is 10.6 Å². The number of nitrogens with one attached hydrogen (secondary N) is 4. The van der Waals surface area contributed by atoms with E-state index >= 15 is 0 Å². The Balaban J connectivity index is 1.87. The fourth-order valence-electron chi connectivity index (χ4n) is 1.89. The molecule has 0 atom stereocenters. The zero-order valence-corrected chi connectivity index (χ0v) is 12.4. The molecule has 0 heterocycles. The van der Waals surface area contributed by atoms with Crippen molar-refractivity contribution in [2.24, 2.45) is 11.5 Å². The number of carbonyl (C=O) groups excluding carboxylic acids is 1. The van der Waals surface area contributed by atoms with Crippen LogP contribution in [0.4, 0.5) is 10.5 Å². The SMILES string of the molecule is N=C(N)c1ccc(CNC(=O)Nc2ccc(C(=N)N)cc2)cc1. The van der Waals surface area contributed by atoms with Crippen LogP contribution < -0.4 is 22.1 Å². The van der Waals surface area contributed by atoms with E-state index in [4.69, 9.17) is 22.3 Å². The molecule has 7 nitrogen and oxygen atoms in total. The number of carbonyl (C=O) groups is 1. The molecule has 0 radical (unpaired) electrons. The van der Waals surface area contributed by atoms with Gasteiger partial charge >= 0.3 is 6.03 Å². The Hall–Kier alpha value is -3.35. The topological polar surface area (TPSA) is 141 Å². The van der Waals surface area contributed by atoms with E-state index in [1.165, 1.54) is 0 Å². The second-order valence-corrected chi connectivity index (χ2v) is 4.91. The van der Waals surface area contributed by atoms with Crippen molar-refractivity contribution in [1.82, 2.24) is 5.32 Å². The van der Waals surface area contributed by atoms with Crippen molar-refractivity contribution >= 4 is 23.4 Å². The van der Waals surface area contributed by atoms with Crippen LogP contribution >= 0.6 is 0 Å². The number of amides is 2. The van der Waals surface area contributed by atoms with Crippen molar-refractivity contribution in [2.45, 2.75) is 6.54 Å². The van der Waals surface area contributed by atoms with E-state index in [1.807, 2.05) is 0 Å². The average Bonchev–Trinajstić information content (AvgIpc) is 2.54. The summed E-state index contributed by atoms with van der Waals surface area (Å²) in [4.78, 5) is 11.8. The number of nitrogen functional groups attached to an aromatic ring is 2. The summed E-state index contributed by atoms with van der Waals surface area (Å²) in [5.41, 5.74) is 13.5. The van der Waals surface area contributed by atoms with E-state index in [0.717, 1.165) is 5.56 Å². The van der Waals surface area contributed by atoms with Crippen molar-refractivity contribution in [2.75, 3.05) is 5.32 Å². The van der Waals surface area contributed by atoms with Gasteiger partial charge in [0.05, 0.1) is 0 Å². The summed E-state index contributed by atoms with van der Waals surface area (Å²) in [6.07, 6.45) is 0. The van der Waals surface area contributed by atoms with Crippen LogP contribution in [0.25, 0.3) is 0 Å². The standard InChI is InChI=1S/C16H18N6O/c17-14(18)11-3-1-10(2-4-11)9-21-16(23)22-13-7-5-12(6-8-13)15(19)20/h1-8H,9H2,(H3,17,18)(H3,19,20)(H2,21,22,23). The van der Waals surface area contributed by atoms with Crippen LogP contribution in [0, 0.1) is 10.8 Å². The van der Waals surface area contributed by atoms with Crippen molar-refractivity contribution in [3.8, 4) is 0 Å². The molecule has 0 aliphatic rings. The molecule has 0 saturated heterocycles. The van der Waals surface area contributed by atoms with Crippen LogP contribution in [0.2, 0.25) is 0 Å². The number of amidine groups is 2. The van der Waals surface area contributed by atoms with Gasteiger partial charge in [-0.1, -0.05) is 24.3 Å². The smallest absolute Gasteiger partial charge is 0.319 e. The van der Waals surface area contributed by atoms with E-state index in [9.17, 15) is 4.79 Å². The predicted molar refractivity (Wildman–Crippen MR) is 90.8 cm³/mol. The van der Waals surface area contributed by atoms with Gasteiger partial charge in [-0.3, -0.25) is 10.8 Å². The number of hydrogen-bond donors (Lipinski definition) is 6. The van der Waals surface area contributed by atoms with Crippen molar-refractivity contribution in [3.63, 3.8) is 0 Å². The fraction of sp³-hybridized carbons (Fsp3) is 0.0625. The Morgan fingerprint density at radius 1 is 0.870 bits per heavy atom. The first-order valence-corrected chi connectivity index (χ1v) is 6.88. The van der Waals surface area contributed by atoms with Crippen LogP contribution in [0.1, 0.15) is 16.7 Å². The van der Waals surface area contributed by atoms with Crippen LogP contribution in [-0.4, -0.2) is 17.7 Å². The minimum absolute atomic E-state index is 0.0104. The van der Waals surface area contributed by atoms with E-state index < -0.39 is 0 Å². The van der Waals surface area contributed by atoms with Crippen LogP contribution in [0.3, 0.4) is 0 Å². The molecule has 0 aromatic heterocycles. The third-order valence-corrected chi connectivity index (χ3v) is 3.17. The first kappa shape index (κ1) is 16.0. The van der Waals surface area contributed by atoms with Gasteiger partial charge in [0, 0.05) is 23.4 Å². The number of nitrogens with two attached hydrogens (primary N) is 2. The average molecular weight is 310 g/mol. The third kappa shape index (κ3) is 4.57. The van der Waals surface area contributed by atoms with E-state index in [0.29, 0.717) is 23.4 Å². The lowest BCUT2D eigenvalue weighted by Crippen LogP contribution is -2.28. The molecule has 0 fully saturated rings. The summed E-state index contributed by atoms with van der Waals surface area (Å²) in [7, 11) is 0. The maximum atomic E-state index is 11.8. The van der Waals surface area contributed by atoms with Crippen LogP contribution in [0.15, 0.2) is 48.5 Å². The highest BCUT2D eigenvalue weighted by molar-refractivity contribution is 5.96. The van der Waals surface area contributed by atoms with Gasteiger partial charge in [-0.2, -0.15) is 0 Å². The summed E-state index contributed by atoms with van der Waals surface area (Å²) >= 11 is 0. The molecular formula is C16H18N6O. The van der Waals surface area contributed by atoms with Gasteiger partial charge in [0.1, 0.15) is 11.7 Å². The Kier molecular flexibility index (Phi) is 4.93. The van der Waals surface area contributed by atoms with Gasteiger partial charge in [0.25, 0.3) is 0 Å². The molecule has 0 saturated carbocycles. The lowest BCUT2D eigenvalue weighted by atomic mass is 10.1. The minimum atomic E-state index is -0.337. The fourth-order valence-corrected chi connectivity index (χ4v) is 1.89. The number of benzene rings is 2. The highest BCUT2D eigenvalue weighted by Gasteiger charge is 2.03. The highest BCUT2D eigenvalue weighted by atomic mass is 16.2. The van der Waals surface area contributed by atoms with Gasteiger partial charge < -0.3 is 22.1 Å². The summed E-state index contributed by atoms with van der Waals surface area (Å²) in [5.74, 6) is -0.00808. The maximum Gasteiger partial charge on any atom is 0.319 e. The summed E-state index contributed by atoms with van der Waals surface area (Å²) < 4.78 is 0. The second-order valence-electron chi connectivity index (χ2n) is 4.91. The van der Waals surface area contributed by atoms with E-state index in [-0.39, 0.29) is 17.7 Å². The lowest BCUT2D eigenvalue weighted by molar-refractivity contribution is 0.251. The van der Waals surface area contributed by atoms with Gasteiger partial charge in [-0.15, -0.1) is 0 Å². The van der Waals surface area contributed by atoms with E-state index in [1.54, 1.807) is 48.5 Å². The molecule has 0 bridgehead atoms. The molecule has 23 heavy (non-hydrogen) atoms. The Morgan fingerprint density at radius 3 is 1.83 bits per heavy atom. The molecule has 0 spiro atoms. The zero-order valence-electron chi connectivity index (χ0n) is 12.4. The molecule has 8 N–H and O–H groups in total. The molecule has 0 aliphatic heterocycles. The lowest BCUT2D eigenvalue weighted by Gasteiger charge is -2.09. The monoisotopic (exact) mass is 310 g/mol. The molecule has 2 amide bonds. The normalized spacial score (nSPS) is 9.91. The number of anilines is 1. The van der Waals surface area contributed by atoms with Crippen molar-refractivity contribution in [3.05, 3.63) is 65.2 Å². The van der Waals surface area contributed by atoms with Crippen LogP contribution in [-0.2, 0) is 6.54 Å². The molecule has 118 valence electrons. The quantitative estimate of drug-likeness (QED) is 0.369. The number of hydrogen-bond acceptors (Lipinski definition) is 3. The van der Waals surface area contributed by atoms with Gasteiger partial charge in [0.15, 0.2) is 0 Å². The Bertz CT molecular complexity index is 721. The largest absolute Gasteiger partial charge is 0.384 e. The minimum Gasteiger partial charge on any atom is -0.384 e. The zero-order chi connectivity index (χ0) is 16.8. The molecule has 2 aromatic carbocycles. The second kappa shape index (κ2) is 7.08. The molecule has 0 aliphatic carbocycles. The molecule has 7 heteroatoms. The highest BCUT2D eigenvalue weighted by Crippen LogP contribution is 2.09. The first-order chi connectivity index (χ1) is 11.0. The third-order valence-electron chi connectivity index (χ3n) is 3.17. The molecule has 2 aromatic rings. The number of urea groups is 1. The summed E-state index contributed by atoms with van der Waals surface area (Å²) in [6, 6.07) is 13.4.